The van der Waals surface area contributed by atoms with E-state index in [0.717, 1.165) is 12.8 Å². The smallest absolute Gasteiger partial charge is 0.251 e. The molecule has 0 unspecified atom stereocenters. The summed E-state index contributed by atoms with van der Waals surface area (Å²) < 4.78 is 0. The first-order valence-corrected chi connectivity index (χ1v) is 6.86. The topological polar surface area (TPSA) is 78.4 Å². The molecule has 0 saturated heterocycles. The molecule has 1 aromatic rings. The first-order valence-electron chi connectivity index (χ1n) is 6.86. The quantitative estimate of drug-likeness (QED) is 0.686. The van der Waals surface area contributed by atoms with Crippen LogP contribution >= 0.6 is 0 Å². The van der Waals surface area contributed by atoms with Crippen LogP contribution in [0.25, 0.3) is 0 Å². The van der Waals surface area contributed by atoms with Crippen molar-refractivity contribution in [3.63, 3.8) is 0 Å². The zero-order valence-electron chi connectivity index (χ0n) is 11.4. The Balaban J connectivity index is 1.63. The lowest BCUT2D eigenvalue weighted by atomic mass is 10.1. The predicted molar refractivity (Wildman–Crippen MR) is 75.2 cm³/mol. The van der Waals surface area contributed by atoms with E-state index >= 15 is 0 Å². The van der Waals surface area contributed by atoms with Crippen LogP contribution in [0.1, 0.15) is 29.6 Å². The highest BCUT2D eigenvalue weighted by atomic mass is 16.3. The second-order valence-corrected chi connectivity index (χ2v) is 5.31. The molecule has 0 aromatic heterocycles. The fourth-order valence-electron chi connectivity index (χ4n) is 1.92. The summed E-state index contributed by atoms with van der Waals surface area (Å²) in [5.41, 5.74) is 0.508. The molecule has 1 fully saturated rings. The van der Waals surface area contributed by atoms with Gasteiger partial charge in [-0.05, 0) is 25.0 Å². The van der Waals surface area contributed by atoms with Crippen molar-refractivity contribution in [2.75, 3.05) is 19.7 Å². The van der Waals surface area contributed by atoms with Gasteiger partial charge in [0.15, 0.2) is 0 Å². The lowest BCUT2D eigenvalue weighted by Crippen LogP contribution is -2.34. The molecule has 0 heterocycles. The molecule has 2 rings (SSSR count). The summed E-state index contributed by atoms with van der Waals surface area (Å²) in [6.45, 7) is 0.957. The lowest BCUT2D eigenvalue weighted by Gasteiger charge is -2.12. The molecule has 20 heavy (non-hydrogen) atoms. The van der Waals surface area contributed by atoms with Gasteiger partial charge in [0.25, 0.3) is 5.91 Å². The van der Waals surface area contributed by atoms with Gasteiger partial charge in [0.2, 0.25) is 5.91 Å². The molecule has 108 valence electrons. The summed E-state index contributed by atoms with van der Waals surface area (Å²) in [6, 6.07) is 8.90. The van der Waals surface area contributed by atoms with Crippen molar-refractivity contribution in [1.29, 1.82) is 0 Å². The third kappa shape index (κ3) is 4.06. The van der Waals surface area contributed by atoms with Crippen LogP contribution in [0.4, 0.5) is 0 Å². The molecular formula is C15H20N2O3. The molecule has 0 radical (unpaired) electrons. The van der Waals surface area contributed by atoms with E-state index in [0.29, 0.717) is 18.7 Å². The van der Waals surface area contributed by atoms with Gasteiger partial charge < -0.3 is 15.7 Å². The SMILES string of the molecule is O=C(CCNC(=O)c1ccccc1)NCC1(CO)CC1. The third-order valence-electron chi connectivity index (χ3n) is 3.63. The Morgan fingerprint density at radius 1 is 1.15 bits per heavy atom. The van der Waals surface area contributed by atoms with Crippen LogP contribution < -0.4 is 10.6 Å². The van der Waals surface area contributed by atoms with Crippen LogP contribution in [-0.4, -0.2) is 36.6 Å². The minimum absolute atomic E-state index is 0.0804. The van der Waals surface area contributed by atoms with Gasteiger partial charge in [-0.1, -0.05) is 18.2 Å². The first kappa shape index (κ1) is 14.5. The minimum atomic E-state index is -0.174. The Hall–Kier alpha value is -1.88. The standard InChI is InChI=1S/C15H20N2O3/c18-11-15(7-8-15)10-17-13(19)6-9-16-14(20)12-4-2-1-3-5-12/h1-5,18H,6-11H2,(H,16,20)(H,17,19). The van der Waals surface area contributed by atoms with Gasteiger partial charge in [-0.25, -0.2) is 0 Å². The van der Waals surface area contributed by atoms with Crippen molar-refractivity contribution in [2.45, 2.75) is 19.3 Å². The second-order valence-electron chi connectivity index (χ2n) is 5.31. The molecule has 0 atom stereocenters. The number of aliphatic hydroxyl groups excluding tert-OH is 1. The van der Waals surface area contributed by atoms with Gasteiger partial charge >= 0.3 is 0 Å². The highest BCUT2D eigenvalue weighted by Gasteiger charge is 2.41. The maximum absolute atomic E-state index is 11.7. The van der Waals surface area contributed by atoms with Gasteiger partial charge in [-0.2, -0.15) is 0 Å². The highest BCUT2D eigenvalue weighted by molar-refractivity contribution is 5.94. The molecule has 5 heteroatoms. The average molecular weight is 276 g/mol. The van der Waals surface area contributed by atoms with E-state index in [1.165, 1.54) is 0 Å². The summed E-state index contributed by atoms with van der Waals surface area (Å²) in [7, 11) is 0. The van der Waals surface area contributed by atoms with E-state index in [2.05, 4.69) is 10.6 Å². The maximum Gasteiger partial charge on any atom is 0.251 e. The normalized spacial score (nSPS) is 15.4. The van der Waals surface area contributed by atoms with Gasteiger partial charge in [0, 0.05) is 30.5 Å². The van der Waals surface area contributed by atoms with Crippen molar-refractivity contribution in [2.24, 2.45) is 5.41 Å². The Morgan fingerprint density at radius 3 is 2.45 bits per heavy atom. The lowest BCUT2D eigenvalue weighted by molar-refractivity contribution is -0.121. The molecule has 1 aliphatic carbocycles. The molecule has 3 N–H and O–H groups in total. The zero-order chi connectivity index (χ0) is 14.4. The molecule has 5 nitrogen and oxygen atoms in total. The van der Waals surface area contributed by atoms with Gasteiger partial charge in [-0.15, -0.1) is 0 Å². The van der Waals surface area contributed by atoms with Crippen LogP contribution in [0.15, 0.2) is 30.3 Å². The number of rotatable bonds is 7. The number of aliphatic hydroxyl groups is 1. The largest absolute Gasteiger partial charge is 0.396 e. The van der Waals surface area contributed by atoms with Gasteiger partial charge in [0.05, 0.1) is 6.61 Å². The Morgan fingerprint density at radius 2 is 1.85 bits per heavy atom. The number of benzene rings is 1. The molecule has 1 aromatic carbocycles. The number of nitrogens with one attached hydrogen (secondary N) is 2. The van der Waals surface area contributed by atoms with Crippen molar-refractivity contribution in [1.82, 2.24) is 10.6 Å². The van der Waals surface area contributed by atoms with Crippen molar-refractivity contribution in [3.05, 3.63) is 35.9 Å². The minimum Gasteiger partial charge on any atom is -0.396 e. The third-order valence-corrected chi connectivity index (χ3v) is 3.63. The van der Waals surface area contributed by atoms with E-state index in [4.69, 9.17) is 5.11 Å². The first-order chi connectivity index (χ1) is 9.65. The summed E-state index contributed by atoms with van der Waals surface area (Å²) in [5.74, 6) is -0.273. The summed E-state index contributed by atoms with van der Waals surface area (Å²) in [4.78, 5) is 23.3. The zero-order valence-corrected chi connectivity index (χ0v) is 11.4. The summed E-state index contributed by atoms with van der Waals surface area (Å²) in [6.07, 6.45) is 2.18. The molecule has 2 amide bonds. The van der Waals surface area contributed by atoms with E-state index in [1.807, 2.05) is 6.07 Å². The Bertz CT molecular complexity index is 469. The van der Waals surface area contributed by atoms with Crippen LogP contribution in [0.3, 0.4) is 0 Å². The maximum atomic E-state index is 11.7. The van der Waals surface area contributed by atoms with E-state index in [1.54, 1.807) is 24.3 Å². The monoisotopic (exact) mass is 276 g/mol. The van der Waals surface area contributed by atoms with Gasteiger partial charge in [0.1, 0.15) is 0 Å². The highest BCUT2D eigenvalue weighted by Crippen LogP contribution is 2.44. The van der Waals surface area contributed by atoms with Crippen LogP contribution in [0.2, 0.25) is 0 Å². The Kier molecular flexibility index (Phi) is 4.74. The second kappa shape index (κ2) is 6.52. The predicted octanol–water partition coefficient (Wildman–Crippen LogP) is 0.695. The molecule has 1 saturated carbocycles. The molecule has 1 aliphatic rings. The molecule has 0 spiro atoms. The average Bonchev–Trinajstić information content (AvgIpc) is 3.26. The van der Waals surface area contributed by atoms with E-state index in [9.17, 15) is 9.59 Å². The Labute approximate surface area is 118 Å². The summed E-state index contributed by atoms with van der Waals surface area (Å²) in [5, 5.41) is 14.6. The fraction of sp³-hybridized carbons (Fsp3) is 0.467. The van der Waals surface area contributed by atoms with Crippen molar-refractivity contribution >= 4 is 11.8 Å². The van der Waals surface area contributed by atoms with Crippen LogP contribution in [0.5, 0.6) is 0 Å². The molecule has 0 aliphatic heterocycles. The van der Waals surface area contributed by atoms with Crippen molar-refractivity contribution in [3.8, 4) is 0 Å². The fourth-order valence-corrected chi connectivity index (χ4v) is 1.92. The van der Waals surface area contributed by atoms with Crippen LogP contribution in [0, 0.1) is 5.41 Å². The number of hydrogen-bond donors (Lipinski definition) is 3. The molecule has 0 bridgehead atoms. The molecular weight excluding hydrogens is 256 g/mol. The number of hydrogen-bond acceptors (Lipinski definition) is 3. The van der Waals surface area contributed by atoms with Crippen molar-refractivity contribution < 1.29 is 14.7 Å². The van der Waals surface area contributed by atoms with Gasteiger partial charge in [-0.3, -0.25) is 9.59 Å². The number of carbonyl (C=O) groups is 2. The van der Waals surface area contributed by atoms with E-state index < -0.39 is 0 Å². The number of carbonyl (C=O) groups excluding carboxylic acids is 2. The van der Waals surface area contributed by atoms with E-state index in [-0.39, 0.29) is 30.3 Å². The summed E-state index contributed by atoms with van der Waals surface area (Å²) >= 11 is 0. The number of amides is 2. The van der Waals surface area contributed by atoms with Crippen LogP contribution in [-0.2, 0) is 4.79 Å².